The smallest absolute Gasteiger partial charge is 0.295 e. The predicted octanol–water partition coefficient (Wildman–Crippen LogP) is 0.506. The molecule has 0 atom stereocenters. The maximum atomic E-state index is 5.72. The van der Waals surface area contributed by atoms with E-state index in [4.69, 9.17) is 10.5 Å². The van der Waals surface area contributed by atoms with Gasteiger partial charge in [-0.2, -0.15) is 4.98 Å². The Morgan fingerprint density at radius 3 is 2.79 bits per heavy atom. The number of aromatic amines is 1. The van der Waals surface area contributed by atoms with E-state index in [0.29, 0.717) is 28.8 Å². The Bertz CT molecular complexity index is 464. The van der Waals surface area contributed by atoms with Gasteiger partial charge in [0.15, 0.2) is 11.5 Å². The number of fused-ring (bicyclic) bond motifs is 1. The molecule has 2 rings (SSSR count). The first-order valence-corrected chi connectivity index (χ1v) is 4.30. The first-order valence-electron chi connectivity index (χ1n) is 4.30. The highest BCUT2D eigenvalue weighted by atomic mass is 16.5. The van der Waals surface area contributed by atoms with Crippen LogP contribution in [0.2, 0.25) is 0 Å². The average Bonchev–Trinajstić information content (AvgIpc) is 2.61. The molecule has 6 heteroatoms. The molecule has 0 unspecified atom stereocenters. The second-order valence-electron chi connectivity index (χ2n) is 2.82. The summed E-state index contributed by atoms with van der Waals surface area (Å²) in [6.07, 6.45) is 0.731. The number of methoxy groups -OCH3 is 1. The summed E-state index contributed by atoms with van der Waals surface area (Å²) in [7, 11) is 1.53. The van der Waals surface area contributed by atoms with Crippen LogP contribution in [-0.4, -0.2) is 27.0 Å². The second kappa shape index (κ2) is 3.13. The lowest BCUT2D eigenvalue weighted by atomic mass is 10.4. The van der Waals surface area contributed by atoms with Crippen LogP contribution in [0.1, 0.15) is 12.7 Å². The molecule has 0 radical (unpaired) electrons. The number of anilines is 1. The minimum Gasteiger partial charge on any atom is -0.468 e. The summed E-state index contributed by atoms with van der Waals surface area (Å²) < 4.78 is 4.94. The van der Waals surface area contributed by atoms with Crippen molar-refractivity contribution >= 4 is 17.0 Å². The van der Waals surface area contributed by atoms with Crippen molar-refractivity contribution in [3.05, 3.63) is 5.82 Å². The molecule has 2 aromatic heterocycles. The summed E-state index contributed by atoms with van der Waals surface area (Å²) in [6.45, 7) is 1.96. The molecular formula is C8H11N5O. The standard InChI is InChI=1S/C8H11N5O/c1-3-4-10-6(9)5-7(11-4)13-8(12-5)14-2/h3H2,1-2H3,(H3,9,10,11,12,13). The molecule has 0 bridgehead atoms. The maximum Gasteiger partial charge on any atom is 0.295 e. The molecule has 0 saturated carbocycles. The van der Waals surface area contributed by atoms with Crippen LogP contribution in [0.5, 0.6) is 6.01 Å². The van der Waals surface area contributed by atoms with E-state index in [9.17, 15) is 0 Å². The van der Waals surface area contributed by atoms with E-state index in [1.165, 1.54) is 7.11 Å². The van der Waals surface area contributed by atoms with E-state index < -0.39 is 0 Å². The normalized spacial score (nSPS) is 10.7. The number of nitrogens with two attached hydrogens (primary N) is 1. The molecule has 0 aromatic carbocycles. The van der Waals surface area contributed by atoms with Crippen molar-refractivity contribution in [3.8, 4) is 6.01 Å². The first kappa shape index (κ1) is 8.74. The Balaban J connectivity index is 2.67. The van der Waals surface area contributed by atoms with Crippen molar-refractivity contribution in [3.63, 3.8) is 0 Å². The Morgan fingerprint density at radius 2 is 2.14 bits per heavy atom. The molecule has 2 heterocycles. The number of aromatic nitrogens is 4. The van der Waals surface area contributed by atoms with Gasteiger partial charge < -0.3 is 15.5 Å². The Morgan fingerprint density at radius 1 is 1.36 bits per heavy atom. The lowest BCUT2D eigenvalue weighted by Crippen LogP contribution is -1.99. The van der Waals surface area contributed by atoms with Crippen LogP contribution in [0.3, 0.4) is 0 Å². The number of aryl methyl sites for hydroxylation is 1. The topological polar surface area (TPSA) is 89.7 Å². The van der Waals surface area contributed by atoms with E-state index >= 15 is 0 Å². The van der Waals surface area contributed by atoms with E-state index in [1.807, 2.05) is 6.92 Å². The fourth-order valence-electron chi connectivity index (χ4n) is 1.20. The third-order valence-corrected chi connectivity index (χ3v) is 1.91. The molecular weight excluding hydrogens is 182 g/mol. The minimum absolute atomic E-state index is 0.397. The number of ether oxygens (including phenoxy) is 1. The van der Waals surface area contributed by atoms with Crippen LogP contribution in [0.4, 0.5) is 5.82 Å². The van der Waals surface area contributed by atoms with Gasteiger partial charge in [0.05, 0.1) is 7.11 Å². The van der Waals surface area contributed by atoms with Gasteiger partial charge in [0.1, 0.15) is 11.3 Å². The van der Waals surface area contributed by atoms with Gasteiger partial charge >= 0.3 is 0 Å². The third kappa shape index (κ3) is 1.24. The Labute approximate surface area is 80.5 Å². The van der Waals surface area contributed by atoms with Crippen molar-refractivity contribution in [2.75, 3.05) is 12.8 Å². The fourth-order valence-corrected chi connectivity index (χ4v) is 1.20. The van der Waals surface area contributed by atoms with Crippen LogP contribution >= 0.6 is 0 Å². The molecule has 0 aliphatic carbocycles. The molecule has 0 spiro atoms. The van der Waals surface area contributed by atoms with E-state index in [0.717, 1.165) is 6.42 Å². The summed E-state index contributed by atoms with van der Waals surface area (Å²) >= 11 is 0. The molecule has 74 valence electrons. The largest absolute Gasteiger partial charge is 0.468 e. The minimum atomic E-state index is 0.397. The Kier molecular flexibility index (Phi) is 1.95. The zero-order valence-electron chi connectivity index (χ0n) is 8.03. The molecule has 0 saturated heterocycles. The van der Waals surface area contributed by atoms with E-state index in [2.05, 4.69) is 19.9 Å². The van der Waals surface area contributed by atoms with Crippen LogP contribution in [0.15, 0.2) is 0 Å². The van der Waals surface area contributed by atoms with Crippen LogP contribution in [0.25, 0.3) is 11.2 Å². The quantitative estimate of drug-likeness (QED) is 0.725. The van der Waals surface area contributed by atoms with Crippen LogP contribution in [0, 0.1) is 0 Å². The van der Waals surface area contributed by atoms with Crippen molar-refractivity contribution in [2.24, 2.45) is 0 Å². The molecule has 0 aliphatic rings. The van der Waals surface area contributed by atoms with Crippen molar-refractivity contribution < 1.29 is 4.74 Å². The number of hydrogen-bond donors (Lipinski definition) is 2. The van der Waals surface area contributed by atoms with Gasteiger partial charge in [-0.15, -0.1) is 0 Å². The van der Waals surface area contributed by atoms with Crippen LogP contribution < -0.4 is 10.5 Å². The summed E-state index contributed by atoms with van der Waals surface area (Å²) in [5.74, 6) is 1.09. The van der Waals surface area contributed by atoms with E-state index in [-0.39, 0.29) is 0 Å². The van der Waals surface area contributed by atoms with Gasteiger partial charge in [-0.25, -0.2) is 9.97 Å². The third-order valence-electron chi connectivity index (χ3n) is 1.91. The first-order chi connectivity index (χ1) is 6.74. The molecule has 3 N–H and O–H groups in total. The molecule has 0 aliphatic heterocycles. The number of nitrogens with one attached hydrogen (secondary N) is 1. The number of H-pyrrole nitrogens is 1. The zero-order valence-corrected chi connectivity index (χ0v) is 8.03. The monoisotopic (exact) mass is 193 g/mol. The maximum absolute atomic E-state index is 5.72. The average molecular weight is 193 g/mol. The summed E-state index contributed by atoms with van der Waals surface area (Å²) in [5.41, 5.74) is 6.89. The van der Waals surface area contributed by atoms with Crippen molar-refractivity contribution in [1.29, 1.82) is 0 Å². The highest BCUT2D eigenvalue weighted by Crippen LogP contribution is 2.18. The van der Waals surface area contributed by atoms with Gasteiger partial charge in [-0.05, 0) is 0 Å². The SMILES string of the molecule is CCc1nc(N)c2[nH]c(OC)nc2n1. The molecule has 0 amide bonds. The lowest BCUT2D eigenvalue weighted by molar-refractivity contribution is 0.386. The van der Waals surface area contributed by atoms with Gasteiger partial charge in [0.25, 0.3) is 6.01 Å². The van der Waals surface area contributed by atoms with Crippen LogP contribution in [-0.2, 0) is 6.42 Å². The van der Waals surface area contributed by atoms with E-state index in [1.54, 1.807) is 0 Å². The fraction of sp³-hybridized carbons (Fsp3) is 0.375. The number of rotatable bonds is 2. The second-order valence-corrected chi connectivity index (χ2v) is 2.82. The lowest BCUT2D eigenvalue weighted by Gasteiger charge is -1.97. The number of nitrogen functional groups attached to an aromatic ring is 1. The molecule has 14 heavy (non-hydrogen) atoms. The highest BCUT2D eigenvalue weighted by molar-refractivity contribution is 5.81. The highest BCUT2D eigenvalue weighted by Gasteiger charge is 2.09. The Hall–Kier alpha value is -1.85. The number of hydrogen-bond acceptors (Lipinski definition) is 5. The van der Waals surface area contributed by atoms with Gasteiger partial charge in [-0.1, -0.05) is 6.92 Å². The summed E-state index contributed by atoms with van der Waals surface area (Å²) in [5, 5.41) is 0. The molecule has 0 fully saturated rings. The van der Waals surface area contributed by atoms with Crippen molar-refractivity contribution in [2.45, 2.75) is 13.3 Å². The summed E-state index contributed by atoms with van der Waals surface area (Å²) in [4.78, 5) is 15.3. The van der Waals surface area contributed by atoms with Gasteiger partial charge in [0.2, 0.25) is 0 Å². The number of nitrogens with zero attached hydrogens (tertiary/aromatic N) is 3. The predicted molar refractivity (Wildman–Crippen MR) is 52.0 cm³/mol. The van der Waals surface area contributed by atoms with Gasteiger partial charge in [0, 0.05) is 6.42 Å². The number of imidazole rings is 1. The zero-order chi connectivity index (χ0) is 10.1. The molecule has 2 aromatic rings. The van der Waals surface area contributed by atoms with Crippen molar-refractivity contribution in [1.82, 2.24) is 19.9 Å². The summed E-state index contributed by atoms with van der Waals surface area (Å²) in [6, 6.07) is 0.397. The molecule has 6 nitrogen and oxygen atoms in total. The van der Waals surface area contributed by atoms with Gasteiger partial charge in [-0.3, -0.25) is 0 Å².